The van der Waals surface area contributed by atoms with E-state index in [1.807, 2.05) is 6.92 Å². The van der Waals surface area contributed by atoms with Gasteiger partial charge in [-0.05, 0) is 24.6 Å². The zero-order valence-corrected chi connectivity index (χ0v) is 17.3. The van der Waals surface area contributed by atoms with Crippen molar-refractivity contribution in [1.29, 1.82) is 0 Å². The molecule has 158 valence electrons. The fourth-order valence-corrected chi connectivity index (χ4v) is 4.42. The molecule has 4 rings (SSSR count). The molecule has 3 heterocycles. The number of rotatable bonds is 3. The van der Waals surface area contributed by atoms with Gasteiger partial charge in [-0.25, -0.2) is 4.79 Å². The number of benzene rings is 1. The van der Waals surface area contributed by atoms with Gasteiger partial charge in [0.15, 0.2) is 5.78 Å². The second-order valence-electron chi connectivity index (χ2n) is 7.92. The maximum absolute atomic E-state index is 12.7. The van der Waals surface area contributed by atoms with Crippen molar-refractivity contribution in [3.63, 3.8) is 0 Å². The largest absolute Gasteiger partial charge is 0.486 e. The van der Waals surface area contributed by atoms with Crippen LogP contribution in [-0.2, 0) is 11.3 Å². The van der Waals surface area contributed by atoms with Gasteiger partial charge in [0.1, 0.15) is 11.4 Å². The maximum Gasteiger partial charge on any atom is 0.328 e. The van der Waals surface area contributed by atoms with E-state index in [0.29, 0.717) is 42.3 Å². The van der Waals surface area contributed by atoms with E-state index in [1.54, 1.807) is 17.0 Å². The van der Waals surface area contributed by atoms with E-state index >= 15 is 0 Å². The van der Waals surface area contributed by atoms with Crippen LogP contribution in [0.2, 0.25) is 5.02 Å². The summed E-state index contributed by atoms with van der Waals surface area (Å²) in [6.07, 6.45) is 2.93. The van der Waals surface area contributed by atoms with E-state index in [-0.39, 0.29) is 31.1 Å². The third kappa shape index (κ3) is 3.92. The Hall–Kier alpha value is -2.87. The van der Waals surface area contributed by atoms with E-state index in [2.05, 4.69) is 4.98 Å². The van der Waals surface area contributed by atoms with Crippen molar-refractivity contribution in [2.75, 3.05) is 13.1 Å². The van der Waals surface area contributed by atoms with Crippen LogP contribution in [0.25, 0.3) is 0 Å². The molecule has 30 heavy (non-hydrogen) atoms. The first kappa shape index (κ1) is 20.4. The zero-order chi connectivity index (χ0) is 21.5. The van der Waals surface area contributed by atoms with Crippen molar-refractivity contribution in [1.82, 2.24) is 14.5 Å². The van der Waals surface area contributed by atoms with Crippen molar-refractivity contribution in [2.24, 2.45) is 0 Å². The Morgan fingerprint density at radius 3 is 2.67 bits per heavy atom. The number of aromatic nitrogens is 2. The van der Waals surface area contributed by atoms with Gasteiger partial charge >= 0.3 is 5.69 Å². The quantitative estimate of drug-likeness (QED) is 0.799. The highest BCUT2D eigenvalue weighted by atomic mass is 35.5. The number of ketones is 1. The lowest BCUT2D eigenvalue weighted by atomic mass is 9.82. The molecular weight excluding hydrogens is 410 g/mol. The summed E-state index contributed by atoms with van der Waals surface area (Å²) in [4.78, 5) is 52.1. The van der Waals surface area contributed by atoms with Crippen LogP contribution in [0.1, 0.15) is 41.6 Å². The standard InChI is InChI=1S/C21H22ClN3O5/c1-13-10-14(22)11-15-16(26)12-21(30-19(13)15)4-8-24(9-5-21)18(28)3-7-25-6-2-17(27)23-20(25)29/h2,6,10-11H,3-5,7-9,12H2,1H3,(H,23,27,29). The van der Waals surface area contributed by atoms with Crippen molar-refractivity contribution < 1.29 is 14.3 Å². The van der Waals surface area contributed by atoms with Gasteiger partial charge in [-0.3, -0.25) is 19.4 Å². The van der Waals surface area contributed by atoms with Crippen LogP contribution in [0.5, 0.6) is 5.75 Å². The third-order valence-electron chi connectivity index (χ3n) is 5.83. The van der Waals surface area contributed by atoms with E-state index in [4.69, 9.17) is 16.3 Å². The number of hydrogen-bond donors (Lipinski definition) is 1. The molecule has 9 heteroatoms. The number of likely N-dealkylation sites (tertiary alicyclic amines) is 1. The van der Waals surface area contributed by atoms with Gasteiger partial charge in [-0.2, -0.15) is 0 Å². The summed E-state index contributed by atoms with van der Waals surface area (Å²) in [5, 5.41) is 0.515. The SMILES string of the molecule is Cc1cc(Cl)cc2c1OC1(CCN(C(=O)CCn3ccc(=O)[nH]c3=O)CC1)CC2=O. The highest BCUT2D eigenvalue weighted by Crippen LogP contribution is 2.42. The Balaban J connectivity index is 1.40. The van der Waals surface area contributed by atoms with Gasteiger partial charge < -0.3 is 14.2 Å². The van der Waals surface area contributed by atoms with Gasteiger partial charge in [-0.1, -0.05) is 11.6 Å². The number of carbonyl (C=O) groups excluding carboxylic acids is 2. The molecule has 0 unspecified atom stereocenters. The Bertz CT molecular complexity index is 1130. The average molecular weight is 432 g/mol. The number of piperidine rings is 1. The lowest BCUT2D eigenvalue weighted by molar-refractivity contribution is -0.135. The molecule has 2 aliphatic rings. The molecule has 1 fully saturated rings. The first-order chi connectivity index (χ1) is 14.3. The predicted octanol–water partition coefficient (Wildman–Crippen LogP) is 1.92. The van der Waals surface area contributed by atoms with E-state index in [1.165, 1.54) is 16.8 Å². The smallest absolute Gasteiger partial charge is 0.328 e. The monoisotopic (exact) mass is 431 g/mol. The molecule has 0 saturated carbocycles. The molecule has 0 aliphatic carbocycles. The minimum Gasteiger partial charge on any atom is -0.486 e. The van der Waals surface area contributed by atoms with E-state index in [9.17, 15) is 19.2 Å². The summed E-state index contributed by atoms with van der Waals surface area (Å²) in [6.45, 7) is 3.02. The summed E-state index contributed by atoms with van der Waals surface area (Å²) in [5.74, 6) is 0.528. The maximum atomic E-state index is 12.7. The summed E-state index contributed by atoms with van der Waals surface area (Å²) in [5.41, 5.74) is -0.249. The van der Waals surface area contributed by atoms with E-state index < -0.39 is 16.9 Å². The molecule has 1 N–H and O–H groups in total. The van der Waals surface area contributed by atoms with Crippen molar-refractivity contribution >= 4 is 23.3 Å². The molecule has 8 nitrogen and oxygen atoms in total. The lowest BCUT2D eigenvalue weighted by Crippen LogP contribution is -2.52. The Morgan fingerprint density at radius 1 is 1.23 bits per heavy atom. The third-order valence-corrected chi connectivity index (χ3v) is 6.05. The number of ether oxygens (including phenoxy) is 1. The zero-order valence-electron chi connectivity index (χ0n) is 16.6. The predicted molar refractivity (Wildman–Crippen MR) is 110 cm³/mol. The molecule has 2 aromatic rings. The minimum atomic E-state index is -0.602. The molecule has 1 aromatic heterocycles. The normalized spacial score (nSPS) is 17.5. The summed E-state index contributed by atoms with van der Waals surface area (Å²) in [7, 11) is 0. The number of aryl methyl sites for hydroxylation is 2. The molecular formula is C21H22ClN3O5. The summed E-state index contributed by atoms with van der Waals surface area (Å²) < 4.78 is 7.61. The highest BCUT2D eigenvalue weighted by Gasteiger charge is 2.44. The molecule has 0 atom stereocenters. The number of halogens is 1. The number of aromatic amines is 1. The van der Waals surface area contributed by atoms with Crippen LogP contribution in [-0.4, -0.2) is 44.8 Å². The van der Waals surface area contributed by atoms with Crippen molar-refractivity contribution in [3.05, 3.63) is 61.4 Å². The van der Waals surface area contributed by atoms with Crippen molar-refractivity contribution in [2.45, 2.75) is 44.8 Å². The van der Waals surface area contributed by atoms with Gasteiger partial charge in [0.25, 0.3) is 5.56 Å². The fraction of sp³-hybridized carbons (Fsp3) is 0.429. The Labute approximate surface area is 177 Å². The summed E-state index contributed by atoms with van der Waals surface area (Å²) in [6, 6.07) is 4.68. The summed E-state index contributed by atoms with van der Waals surface area (Å²) >= 11 is 6.08. The van der Waals surface area contributed by atoms with Crippen LogP contribution < -0.4 is 16.0 Å². The Morgan fingerprint density at radius 2 is 1.97 bits per heavy atom. The second kappa shape index (κ2) is 7.75. The number of carbonyl (C=O) groups is 2. The minimum absolute atomic E-state index is 0.0130. The van der Waals surface area contributed by atoms with Crippen LogP contribution >= 0.6 is 11.6 Å². The topological polar surface area (TPSA) is 101 Å². The number of Topliss-reactive ketones (excluding diaryl/α,β-unsaturated/α-hetero) is 1. The first-order valence-electron chi connectivity index (χ1n) is 9.86. The van der Waals surface area contributed by atoms with E-state index in [0.717, 1.165) is 5.56 Å². The molecule has 1 aromatic carbocycles. The van der Waals surface area contributed by atoms with Crippen molar-refractivity contribution in [3.8, 4) is 5.75 Å². The van der Waals surface area contributed by atoms with Gasteiger partial charge in [0.2, 0.25) is 5.91 Å². The molecule has 1 spiro atoms. The molecule has 1 saturated heterocycles. The molecule has 0 bridgehead atoms. The van der Waals surface area contributed by atoms with Gasteiger partial charge in [0, 0.05) is 56.2 Å². The van der Waals surface area contributed by atoms with Crippen LogP contribution in [0.15, 0.2) is 34.0 Å². The van der Waals surface area contributed by atoms with Gasteiger partial charge in [0.05, 0.1) is 12.0 Å². The van der Waals surface area contributed by atoms with Crippen LogP contribution in [0.4, 0.5) is 0 Å². The number of nitrogens with one attached hydrogen (secondary N) is 1. The average Bonchev–Trinajstić information content (AvgIpc) is 2.69. The highest BCUT2D eigenvalue weighted by molar-refractivity contribution is 6.31. The molecule has 1 amide bonds. The first-order valence-corrected chi connectivity index (χ1v) is 10.2. The van der Waals surface area contributed by atoms with Gasteiger partial charge in [-0.15, -0.1) is 0 Å². The Kier molecular flexibility index (Phi) is 5.27. The molecule has 2 aliphatic heterocycles. The molecule has 0 radical (unpaired) electrons. The lowest BCUT2D eigenvalue weighted by Gasteiger charge is -2.44. The van der Waals surface area contributed by atoms with Crippen LogP contribution in [0, 0.1) is 6.92 Å². The fourth-order valence-electron chi connectivity index (χ4n) is 4.15. The number of amides is 1. The number of H-pyrrole nitrogens is 1. The van der Waals surface area contributed by atoms with Crippen LogP contribution in [0.3, 0.4) is 0 Å². The number of hydrogen-bond acceptors (Lipinski definition) is 5. The number of nitrogens with zero attached hydrogens (tertiary/aromatic N) is 2. The number of fused-ring (bicyclic) bond motifs is 1. The second-order valence-corrected chi connectivity index (χ2v) is 8.36.